The zero-order valence-electron chi connectivity index (χ0n) is 12.8. The van der Waals surface area contributed by atoms with Crippen LogP contribution in [-0.2, 0) is 23.2 Å². The predicted molar refractivity (Wildman–Crippen MR) is 81.7 cm³/mol. The second-order valence-corrected chi connectivity index (χ2v) is 5.46. The zero-order chi connectivity index (χ0) is 16.5. The number of benzene rings is 1. The van der Waals surface area contributed by atoms with Crippen LogP contribution >= 0.6 is 0 Å². The summed E-state index contributed by atoms with van der Waals surface area (Å²) >= 11 is 0. The molecule has 0 aliphatic rings. The highest BCUT2D eigenvalue weighted by Gasteiger charge is 2.32. The highest BCUT2D eigenvalue weighted by molar-refractivity contribution is 5.87. The number of rotatable bonds is 5. The van der Waals surface area contributed by atoms with Crippen molar-refractivity contribution in [2.45, 2.75) is 32.4 Å². The lowest BCUT2D eigenvalue weighted by molar-refractivity contribution is -0.147. The van der Waals surface area contributed by atoms with Crippen LogP contribution in [0, 0.1) is 0 Å². The number of nitrogens with one attached hydrogen (secondary N) is 1. The van der Waals surface area contributed by atoms with Gasteiger partial charge >= 0.3 is 11.7 Å². The van der Waals surface area contributed by atoms with E-state index in [9.17, 15) is 19.5 Å². The number of amides is 1. The molecule has 0 bridgehead atoms. The van der Waals surface area contributed by atoms with E-state index in [1.54, 1.807) is 32.2 Å². The molecule has 1 aromatic carbocycles. The van der Waals surface area contributed by atoms with Crippen LogP contribution in [0.3, 0.4) is 0 Å². The molecular weight excluding hydrogens is 286 g/mol. The molecule has 0 fully saturated rings. The van der Waals surface area contributed by atoms with Crippen molar-refractivity contribution in [1.82, 2.24) is 14.5 Å². The van der Waals surface area contributed by atoms with Crippen LogP contribution in [0.4, 0.5) is 0 Å². The molecule has 7 nitrogen and oxygen atoms in total. The summed E-state index contributed by atoms with van der Waals surface area (Å²) in [5.74, 6) is -1.61. The number of carboxylic acids is 1. The second kappa shape index (κ2) is 5.67. The summed E-state index contributed by atoms with van der Waals surface area (Å²) in [6.45, 7) is 2.90. The molecule has 1 amide bonds. The van der Waals surface area contributed by atoms with Crippen molar-refractivity contribution in [1.29, 1.82) is 0 Å². The number of carbonyl (C=O) groups is 2. The topological polar surface area (TPSA) is 93.3 Å². The Morgan fingerprint density at radius 2 is 1.86 bits per heavy atom. The molecule has 0 saturated carbocycles. The second-order valence-electron chi connectivity index (χ2n) is 5.46. The van der Waals surface area contributed by atoms with Crippen LogP contribution in [0.1, 0.15) is 20.3 Å². The van der Waals surface area contributed by atoms with E-state index >= 15 is 0 Å². The summed E-state index contributed by atoms with van der Waals surface area (Å²) in [6, 6.07) is 7.13. The molecule has 1 aromatic heterocycles. The fourth-order valence-corrected chi connectivity index (χ4v) is 2.30. The van der Waals surface area contributed by atoms with Crippen molar-refractivity contribution in [3.63, 3.8) is 0 Å². The summed E-state index contributed by atoms with van der Waals surface area (Å²) in [5.41, 5.74) is -0.300. The Morgan fingerprint density at radius 1 is 1.27 bits per heavy atom. The van der Waals surface area contributed by atoms with Crippen molar-refractivity contribution in [2.75, 3.05) is 0 Å². The van der Waals surface area contributed by atoms with E-state index in [-0.39, 0.29) is 18.7 Å². The third-order valence-electron chi connectivity index (χ3n) is 3.95. The first-order chi connectivity index (χ1) is 10.3. The van der Waals surface area contributed by atoms with Crippen LogP contribution < -0.4 is 11.0 Å². The molecule has 118 valence electrons. The third kappa shape index (κ3) is 2.61. The molecule has 1 atom stereocenters. The first-order valence-electron chi connectivity index (χ1n) is 6.99. The summed E-state index contributed by atoms with van der Waals surface area (Å²) < 4.78 is 2.79. The van der Waals surface area contributed by atoms with Crippen molar-refractivity contribution in [3.05, 3.63) is 34.7 Å². The number of aryl methyl sites for hydroxylation is 1. The minimum Gasteiger partial charge on any atom is -0.480 e. The van der Waals surface area contributed by atoms with Gasteiger partial charge in [-0.15, -0.1) is 0 Å². The van der Waals surface area contributed by atoms with Crippen LogP contribution in [0.15, 0.2) is 29.1 Å². The predicted octanol–water partition coefficient (Wildman–Crippen LogP) is 0.709. The van der Waals surface area contributed by atoms with Gasteiger partial charge in [-0.3, -0.25) is 13.9 Å². The van der Waals surface area contributed by atoms with Crippen molar-refractivity contribution in [2.24, 2.45) is 7.05 Å². The molecule has 7 heteroatoms. The van der Waals surface area contributed by atoms with Gasteiger partial charge in [0.25, 0.3) is 0 Å². The molecule has 0 spiro atoms. The standard InChI is InChI=1S/C15H19N3O4/c1-4-15(2,13(20)21)16-12(19)9-18-11-8-6-5-7-10(11)17(3)14(18)22/h5-8H,4,9H2,1-3H3,(H,16,19)(H,20,21). The number of imidazole rings is 1. The lowest BCUT2D eigenvalue weighted by Crippen LogP contribution is -2.53. The summed E-state index contributed by atoms with van der Waals surface area (Å²) in [5, 5.41) is 11.7. The number of fused-ring (bicyclic) bond motifs is 1. The van der Waals surface area contributed by atoms with Gasteiger partial charge in [0.05, 0.1) is 11.0 Å². The average molecular weight is 305 g/mol. The molecular formula is C15H19N3O4. The quantitative estimate of drug-likeness (QED) is 0.850. The molecule has 0 radical (unpaired) electrons. The van der Waals surface area contributed by atoms with E-state index in [0.29, 0.717) is 5.52 Å². The van der Waals surface area contributed by atoms with Crippen LogP contribution in [0.25, 0.3) is 11.0 Å². The summed E-state index contributed by atoms with van der Waals surface area (Å²) in [7, 11) is 1.63. The number of carboxylic acid groups (broad SMARTS) is 1. The smallest absolute Gasteiger partial charge is 0.329 e. The Kier molecular flexibility index (Phi) is 4.07. The van der Waals surface area contributed by atoms with Gasteiger partial charge in [-0.25, -0.2) is 9.59 Å². The Labute approximate surface area is 127 Å². The number of hydrogen-bond acceptors (Lipinski definition) is 3. The molecule has 0 aliphatic heterocycles. The maximum atomic E-state index is 12.2. The van der Waals surface area contributed by atoms with E-state index in [0.717, 1.165) is 5.52 Å². The zero-order valence-corrected chi connectivity index (χ0v) is 12.8. The number of para-hydroxylation sites is 2. The molecule has 2 N–H and O–H groups in total. The van der Waals surface area contributed by atoms with Gasteiger partial charge in [0.2, 0.25) is 5.91 Å². The Hall–Kier alpha value is -2.57. The van der Waals surface area contributed by atoms with Gasteiger partial charge in [0, 0.05) is 7.05 Å². The fourth-order valence-electron chi connectivity index (χ4n) is 2.30. The highest BCUT2D eigenvalue weighted by atomic mass is 16.4. The van der Waals surface area contributed by atoms with Gasteiger partial charge in [-0.05, 0) is 25.5 Å². The third-order valence-corrected chi connectivity index (χ3v) is 3.95. The lowest BCUT2D eigenvalue weighted by Gasteiger charge is -2.24. The first kappa shape index (κ1) is 15.8. The highest BCUT2D eigenvalue weighted by Crippen LogP contribution is 2.12. The Balaban J connectivity index is 2.32. The number of aliphatic carboxylic acids is 1. The number of hydrogen-bond donors (Lipinski definition) is 2. The molecule has 1 heterocycles. The molecule has 0 saturated heterocycles. The van der Waals surface area contributed by atoms with Crippen LogP contribution in [0.5, 0.6) is 0 Å². The largest absolute Gasteiger partial charge is 0.480 e. The van der Waals surface area contributed by atoms with Crippen LogP contribution in [0.2, 0.25) is 0 Å². The maximum Gasteiger partial charge on any atom is 0.329 e. The van der Waals surface area contributed by atoms with Crippen molar-refractivity contribution < 1.29 is 14.7 Å². The Morgan fingerprint density at radius 3 is 2.41 bits per heavy atom. The molecule has 2 rings (SSSR count). The van der Waals surface area contributed by atoms with Gasteiger partial charge in [0.1, 0.15) is 12.1 Å². The molecule has 0 aliphatic carbocycles. The SMILES string of the molecule is CCC(C)(NC(=O)Cn1c(=O)n(C)c2ccccc21)C(=O)O. The lowest BCUT2D eigenvalue weighted by atomic mass is 9.99. The summed E-state index contributed by atoms with van der Waals surface area (Å²) in [4.78, 5) is 35.6. The van der Waals surface area contributed by atoms with Crippen molar-refractivity contribution in [3.8, 4) is 0 Å². The van der Waals surface area contributed by atoms with Gasteiger partial charge < -0.3 is 10.4 Å². The van der Waals surface area contributed by atoms with Gasteiger partial charge in [-0.2, -0.15) is 0 Å². The molecule has 1 unspecified atom stereocenters. The number of aromatic nitrogens is 2. The number of carbonyl (C=O) groups excluding carboxylic acids is 1. The van der Waals surface area contributed by atoms with E-state index in [1.165, 1.54) is 16.1 Å². The van der Waals surface area contributed by atoms with E-state index < -0.39 is 17.4 Å². The fraction of sp³-hybridized carbons (Fsp3) is 0.400. The van der Waals surface area contributed by atoms with E-state index in [2.05, 4.69) is 5.32 Å². The minimum atomic E-state index is -1.34. The summed E-state index contributed by atoms with van der Waals surface area (Å²) in [6.07, 6.45) is 0.249. The van der Waals surface area contributed by atoms with E-state index in [4.69, 9.17) is 0 Å². The van der Waals surface area contributed by atoms with Crippen LogP contribution in [-0.4, -0.2) is 31.7 Å². The monoisotopic (exact) mass is 305 g/mol. The minimum absolute atomic E-state index is 0.219. The number of nitrogens with zero attached hydrogens (tertiary/aromatic N) is 2. The Bertz CT molecular complexity index is 790. The average Bonchev–Trinajstić information content (AvgIpc) is 2.72. The maximum absolute atomic E-state index is 12.2. The molecule has 2 aromatic rings. The molecule has 22 heavy (non-hydrogen) atoms. The normalized spacial score (nSPS) is 13.8. The van der Waals surface area contributed by atoms with Gasteiger partial charge in [0.15, 0.2) is 0 Å². The first-order valence-corrected chi connectivity index (χ1v) is 6.99. The van der Waals surface area contributed by atoms with Crippen molar-refractivity contribution >= 4 is 22.9 Å². The van der Waals surface area contributed by atoms with E-state index in [1.807, 2.05) is 6.07 Å². The van der Waals surface area contributed by atoms with Gasteiger partial charge in [-0.1, -0.05) is 19.1 Å².